The van der Waals surface area contributed by atoms with Crippen LogP contribution in [0.3, 0.4) is 0 Å². The summed E-state index contributed by atoms with van der Waals surface area (Å²) in [4.78, 5) is 22.4. The molecular formula is C3H4N4O3. The van der Waals surface area contributed by atoms with Crippen LogP contribution in [-0.2, 0) is 9.53 Å². The highest BCUT2D eigenvalue weighted by atomic mass is 16.6. The fraction of sp³-hybridized carbons (Fsp3) is 0.333. The number of carbonyl (C=O) groups excluding carboxylic acids is 2. The highest BCUT2D eigenvalue weighted by Gasteiger charge is 2.05. The molecule has 7 nitrogen and oxygen atoms in total. The summed E-state index contributed by atoms with van der Waals surface area (Å²) in [6, 6.07) is 0. The molecule has 0 saturated heterocycles. The topological polar surface area (TPSA) is 104 Å². The molecule has 0 aromatic carbocycles. The van der Waals surface area contributed by atoms with Crippen LogP contribution in [0.15, 0.2) is 5.22 Å². The predicted molar refractivity (Wildman–Crippen MR) is 29.4 cm³/mol. The van der Waals surface area contributed by atoms with E-state index in [4.69, 9.17) is 5.53 Å². The van der Waals surface area contributed by atoms with E-state index in [0.29, 0.717) is 0 Å². The van der Waals surface area contributed by atoms with Gasteiger partial charge < -0.3 is 4.74 Å². The molecule has 0 heterocycles. The molecule has 54 valence electrons. The summed E-state index contributed by atoms with van der Waals surface area (Å²) in [5.41, 5.74) is 9.24. The summed E-state index contributed by atoms with van der Waals surface area (Å²) < 4.78 is 3.90. The first kappa shape index (κ1) is 8.25. The number of azide groups is 1. The van der Waals surface area contributed by atoms with Gasteiger partial charge in [-0.25, -0.2) is 0 Å². The number of ether oxygens (including phenoxy) is 1. The van der Waals surface area contributed by atoms with E-state index < -0.39 is 12.1 Å². The molecule has 0 aromatic rings. The monoisotopic (exact) mass is 144 g/mol. The van der Waals surface area contributed by atoms with Gasteiger partial charge in [-0.2, -0.15) is 15.1 Å². The summed E-state index contributed by atoms with van der Waals surface area (Å²) in [7, 11) is 0. The van der Waals surface area contributed by atoms with Gasteiger partial charge in [-0.05, 0) is 5.22 Å². The number of hydrogen-bond acceptors (Lipinski definition) is 4. The van der Waals surface area contributed by atoms with Crippen LogP contribution >= 0.6 is 0 Å². The third kappa shape index (κ3) is 4.41. The first-order valence-electron chi connectivity index (χ1n) is 2.19. The maximum Gasteiger partial charge on any atom is 0.515 e. The van der Waals surface area contributed by atoms with Crippen molar-refractivity contribution in [2.24, 2.45) is 5.22 Å². The maximum absolute atomic E-state index is 10.2. The van der Waals surface area contributed by atoms with E-state index in [-0.39, 0.29) is 0 Å². The normalized spacial score (nSPS) is 7.30. The number of esters is 1. The zero-order valence-corrected chi connectivity index (χ0v) is 5.07. The van der Waals surface area contributed by atoms with Gasteiger partial charge in [0, 0.05) is 6.92 Å². The molecule has 1 amide bonds. The zero-order valence-electron chi connectivity index (χ0n) is 5.07. The third-order valence-electron chi connectivity index (χ3n) is 0.422. The minimum absolute atomic E-state index is 0.773. The predicted octanol–water partition coefficient (Wildman–Crippen LogP) is 0.484. The van der Waals surface area contributed by atoms with Gasteiger partial charge in [0.2, 0.25) is 0 Å². The zero-order chi connectivity index (χ0) is 7.98. The van der Waals surface area contributed by atoms with Crippen LogP contribution in [0.5, 0.6) is 0 Å². The SMILES string of the molecule is CC(=O)OC(=O)NN=[N+]=[N-]. The first-order valence-corrected chi connectivity index (χ1v) is 2.19. The summed E-state index contributed by atoms with van der Waals surface area (Å²) in [6.07, 6.45) is -1.09. The Morgan fingerprint density at radius 3 is 2.70 bits per heavy atom. The first-order chi connectivity index (χ1) is 4.66. The molecule has 0 rings (SSSR count). The summed E-state index contributed by atoms with van der Waals surface area (Å²) in [5.74, 6) is -0.773. The molecule has 7 heteroatoms. The lowest BCUT2D eigenvalue weighted by molar-refractivity contribution is -0.134. The van der Waals surface area contributed by atoms with Gasteiger partial charge in [0.25, 0.3) is 0 Å². The fourth-order valence-corrected chi connectivity index (χ4v) is 0.217. The van der Waals surface area contributed by atoms with E-state index in [2.05, 4.69) is 14.9 Å². The molecule has 0 aliphatic rings. The second-order valence-corrected chi connectivity index (χ2v) is 1.18. The second kappa shape index (κ2) is 4.16. The molecule has 0 atom stereocenters. The number of amides is 1. The molecule has 0 aromatic heterocycles. The van der Waals surface area contributed by atoms with E-state index in [9.17, 15) is 9.59 Å². The van der Waals surface area contributed by atoms with Gasteiger partial charge in [0.15, 0.2) is 0 Å². The van der Waals surface area contributed by atoms with Crippen molar-refractivity contribution in [3.05, 3.63) is 10.4 Å². The van der Waals surface area contributed by atoms with Crippen molar-refractivity contribution in [3.8, 4) is 0 Å². The van der Waals surface area contributed by atoms with Crippen molar-refractivity contribution >= 4 is 12.1 Å². The Morgan fingerprint density at radius 1 is 1.70 bits per heavy atom. The van der Waals surface area contributed by atoms with E-state index in [1.807, 2.05) is 0 Å². The van der Waals surface area contributed by atoms with Gasteiger partial charge in [-0.3, -0.25) is 4.79 Å². The minimum atomic E-state index is -1.09. The van der Waals surface area contributed by atoms with Crippen molar-refractivity contribution in [2.75, 3.05) is 0 Å². The van der Waals surface area contributed by atoms with Crippen LogP contribution < -0.4 is 5.43 Å². The van der Waals surface area contributed by atoms with Crippen molar-refractivity contribution in [2.45, 2.75) is 6.92 Å². The van der Waals surface area contributed by atoms with Gasteiger partial charge in [0.1, 0.15) is 0 Å². The van der Waals surface area contributed by atoms with E-state index in [1.165, 1.54) is 0 Å². The van der Waals surface area contributed by atoms with Gasteiger partial charge in [-0.1, -0.05) is 0 Å². The van der Waals surface area contributed by atoms with Crippen LogP contribution in [0.4, 0.5) is 4.79 Å². The molecule has 0 aliphatic carbocycles. The molecule has 0 spiro atoms. The van der Waals surface area contributed by atoms with E-state index >= 15 is 0 Å². The number of hydrogen-bond donors (Lipinski definition) is 1. The third-order valence-corrected chi connectivity index (χ3v) is 0.422. The molecule has 0 saturated carbocycles. The molecule has 1 N–H and O–H groups in total. The van der Waals surface area contributed by atoms with Crippen LogP contribution in [-0.4, -0.2) is 12.1 Å². The van der Waals surface area contributed by atoms with Crippen molar-refractivity contribution in [1.29, 1.82) is 0 Å². The average Bonchev–Trinajstić information content (AvgIpc) is 1.82. The van der Waals surface area contributed by atoms with Crippen molar-refractivity contribution in [3.63, 3.8) is 0 Å². The Kier molecular flexibility index (Phi) is 3.43. The molecule has 0 fully saturated rings. The quantitative estimate of drug-likeness (QED) is 0.144. The standard InChI is InChI=1S/C3H4N4O3/c1-2(8)10-3(9)5-7-6-4/h1H3,(H,5,9). The number of nitrogens with one attached hydrogen (secondary N) is 1. The van der Waals surface area contributed by atoms with Gasteiger partial charge >= 0.3 is 12.1 Å². The number of carbonyl (C=O) groups is 2. The lowest BCUT2D eigenvalue weighted by Gasteiger charge is -1.90. The Morgan fingerprint density at radius 2 is 2.30 bits per heavy atom. The minimum Gasteiger partial charge on any atom is -0.358 e. The molecule has 0 radical (unpaired) electrons. The molecule has 10 heavy (non-hydrogen) atoms. The van der Waals surface area contributed by atoms with Crippen LogP contribution in [0.2, 0.25) is 0 Å². The van der Waals surface area contributed by atoms with Crippen LogP contribution in [0.25, 0.3) is 10.4 Å². The maximum atomic E-state index is 10.2. The lowest BCUT2D eigenvalue weighted by Crippen LogP contribution is -2.20. The summed E-state index contributed by atoms with van der Waals surface area (Å²) >= 11 is 0. The van der Waals surface area contributed by atoms with E-state index in [0.717, 1.165) is 6.92 Å². The number of nitrogens with zero attached hydrogens (tertiary/aromatic N) is 3. The molecule has 0 aliphatic heterocycles. The Bertz CT molecular complexity index is 188. The highest BCUT2D eigenvalue weighted by molar-refractivity contribution is 5.82. The highest BCUT2D eigenvalue weighted by Crippen LogP contribution is 1.77. The van der Waals surface area contributed by atoms with Crippen molar-refractivity contribution < 1.29 is 14.3 Å². The summed E-state index contributed by atoms with van der Waals surface area (Å²) in [6.45, 7) is 1.05. The van der Waals surface area contributed by atoms with Gasteiger partial charge in [-0.15, -0.1) is 5.53 Å². The number of rotatable bonds is 1. The van der Waals surface area contributed by atoms with Crippen molar-refractivity contribution in [1.82, 2.24) is 5.43 Å². The largest absolute Gasteiger partial charge is 0.515 e. The Hall–Kier alpha value is -1.75. The lowest BCUT2D eigenvalue weighted by atomic mass is 10.8. The van der Waals surface area contributed by atoms with Crippen LogP contribution in [0.1, 0.15) is 6.92 Å². The Labute approximate surface area is 55.6 Å². The van der Waals surface area contributed by atoms with E-state index in [1.54, 1.807) is 5.43 Å². The van der Waals surface area contributed by atoms with Crippen LogP contribution in [0, 0.1) is 0 Å². The summed E-state index contributed by atoms with van der Waals surface area (Å²) in [5, 5.41) is 2.63. The average molecular weight is 144 g/mol. The fourth-order valence-electron chi connectivity index (χ4n) is 0.217. The molecule has 0 unspecified atom stereocenters. The van der Waals surface area contributed by atoms with Gasteiger partial charge in [0.05, 0.1) is 0 Å². The molecule has 0 bridgehead atoms. The molecular weight excluding hydrogens is 140 g/mol. The Balaban J connectivity index is 3.64. The smallest absolute Gasteiger partial charge is 0.358 e. The second-order valence-electron chi connectivity index (χ2n) is 1.18.